The van der Waals surface area contributed by atoms with E-state index in [4.69, 9.17) is 10.5 Å². The zero-order valence-electron chi connectivity index (χ0n) is 25.0. The molecule has 4 aliphatic carbocycles. The van der Waals surface area contributed by atoms with Gasteiger partial charge in [-0.3, -0.25) is 4.79 Å². The lowest BCUT2D eigenvalue weighted by atomic mass is 9.36. The van der Waals surface area contributed by atoms with Crippen molar-refractivity contribution in [2.45, 2.75) is 91.4 Å². The van der Waals surface area contributed by atoms with Gasteiger partial charge in [0.1, 0.15) is 6.10 Å². The first-order valence-electron chi connectivity index (χ1n) is 15.4. The molecule has 0 radical (unpaired) electrons. The van der Waals surface area contributed by atoms with Crippen LogP contribution in [-0.2, 0) is 14.3 Å². The predicted octanol–water partition coefficient (Wildman–Crippen LogP) is 6.20. The first kappa shape index (κ1) is 28.4. The molecule has 220 valence electrons. The third-order valence-corrected chi connectivity index (χ3v) is 12.7. The SMILES string of the molecule is CC(=O)O[C@H]1C[C@@]2(C)[C@H](/C1=C(/C(=O)O)c1ccc3ccccc3c1)[C@@H](N)C[C@H]1[C@@]3(C)CC[C@@H](O)[C@@H](C)[C@@H]3CC[C@@]12C. The van der Waals surface area contributed by atoms with Gasteiger partial charge in [-0.25, -0.2) is 4.79 Å². The molecule has 0 spiro atoms. The van der Waals surface area contributed by atoms with Crippen LogP contribution in [0.5, 0.6) is 0 Å². The molecule has 0 heterocycles. The zero-order chi connectivity index (χ0) is 29.5. The minimum atomic E-state index is -1.01. The lowest BCUT2D eigenvalue weighted by molar-refractivity contribution is -0.201. The minimum absolute atomic E-state index is 0.0502. The van der Waals surface area contributed by atoms with Crippen molar-refractivity contribution >= 4 is 28.3 Å². The van der Waals surface area contributed by atoms with Crippen molar-refractivity contribution in [2.75, 3.05) is 0 Å². The van der Waals surface area contributed by atoms with Crippen molar-refractivity contribution in [2.24, 2.45) is 45.7 Å². The van der Waals surface area contributed by atoms with Gasteiger partial charge in [-0.05, 0) is 100 Å². The molecular weight excluding hydrogens is 514 g/mol. The van der Waals surface area contributed by atoms with E-state index in [1.54, 1.807) is 0 Å². The summed E-state index contributed by atoms with van der Waals surface area (Å²) in [6.07, 6.45) is 4.28. The lowest BCUT2D eigenvalue weighted by Gasteiger charge is -2.68. The van der Waals surface area contributed by atoms with Crippen LogP contribution in [0.1, 0.15) is 78.7 Å². The second-order valence-electron chi connectivity index (χ2n) is 14.4. The van der Waals surface area contributed by atoms with E-state index >= 15 is 0 Å². The van der Waals surface area contributed by atoms with Crippen LogP contribution in [0.25, 0.3) is 16.3 Å². The van der Waals surface area contributed by atoms with Crippen molar-refractivity contribution in [1.29, 1.82) is 0 Å². The van der Waals surface area contributed by atoms with Crippen LogP contribution in [0.2, 0.25) is 0 Å². The van der Waals surface area contributed by atoms with Gasteiger partial charge >= 0.3 is 11.9 Å². The maximum Gasteiger partial charge on any atom is 0.336 e. The highest BCUT2D eigenvalue weighted by Gasteiger charge is 2.70. The molecule has 4 aliphatic rings. The number of carbonyl (C=O) groups is 2. The average Bonchev–Trinajstić information content (AvgIpc) is 3.21. The highest BCUT2D eigenvalue weighted by Crippen LogP contribution is 2.74. The standard InChI is InChI=1S/C35H45NO5/c1-19-24-12-15-34(4)28(33(24,3)14-13-26(19)38)17-25(36)31-30(27(41-20(2)37)18-35(31,34)5)29(32(39)40)23-11-10-21-8-6-7-9-22(21)16-23/h6-11,16,19,24-28,31,38H,12-15,17-18,36H2,1-5H3,(H,39,40)/b30-29+/t19-,24-,25-,26+,27-,28-,31-,33-,34-,35-/m0/s1. The van der Waals surface area contributed by atoms with E-state index in [9.17, 15) is 19.8 Å². The Labute approximate surface area is 243 Å². The number of hydrogen-bond acceptors (Lipinski definition) is 5. The molecule has 41 heavy (non-hydrogen) atoms. The summed E-state index contributed by atoms with van der Waals surface area (Å²) in [5.74, 6) is -0.617. The van der Waals surface area contributed by atoms with Gasteiger partial charge in [-0.1, -0.05) is 64.1 Å². The largest absolute Gasteiger partial charge is 0.478 e. The summed E-state index contributed by atoms with van der Waals surface area (Å²) in [6, 6.07) is 13.4. The molecule has 6 rings (SSSR count). The number of hydrogen-bond donors (Lipinski definition) is 3. The molecule has 0 bridgehead atoms. The zero-order valence-corrected chi connectivity index (χ0v) is 25.0. The van der Waals surface area contributed by atoms with E-state index in [1.807, 2.05) is 42.5 Å². The van der Waals surface area contributed by atoms with Gasteiger partial charge in [0.2, 0.25) is 0 Å². The predicted molar refractivity (Wildman–Crippen MR) is 160 cm³/mol. The number of rotatable bonds is 3. The maximum absolute atomic E-state index is 13.1. The summed E-state index contributed by atoms with van der Waals surface area (Å²) in [5.41, 5.74) is 8.29. The number of carbonyl (C=O) groups excluding carboxylic acids is 1. The summed E-state index contributed by atoms with van der Waals surface area (Å²) in [4.78, 5) is 25.6. The highest BCUT2D eigenvalue weighted by molar-refractivity contribution is 6.17. The third-order valence-electron chi connectivity index (χ3n) is 12.7. The Hall–Kier alpha value is -2.70. The maximum atomic E-state index is 13.1. The Morgan fingerprint density at radius 2 is 1.71 bits per heavy atom. The quantitative estimate of drug-likeness (QED) is 0.305. The Balaban J connectivity index is 1.53. The van der Waals surface area contributed by atoms with Gasteiger partial charge in [-0.15, -0.1) is 0 Å². The van der Waals surface area contributed by atoms with Crippen LogP contribution in [0.3, 0.4) is 0 Å². The number of aliphatic hydroxyl groups excluding tert-OH is 1. The van der Waals surface area contributed by atoms with Crippen LogP contribution in [-0.4, -0.2) is 40.4 Å². The summed E-state index contributed by atoms with van der Waals surface area (Å²) in [6.45, 7) is 10.7. The van der Waals surface area contributed by atoms with Crippen LogP contribution in [0.4, 0.5) is 0 Å². The van der Waals surface area contributed by atoms with E-state index in [-0.39, 0.29) is 45.8 Å². The Kier molecular flexibility index (Phi) is 6.70. The lowest BCUT2D eigenvalue weighted by Crippen LogP contribution is -2.65. The molecule has 4 N–H and O–H groups in total. The highest BCUT2D eigenvalue weighted by atomic mass is 16.5. The van der Waals surface area contributed by atoms with Crippen LogP contribution >= 0.6 is 0 Å². The van der Waals surface area contributed by atoms with Crippen molar-refractivity contribution in [1.82, 2.24) is 0 Å². The van der Waals surface area contributed by atoms with E-state index < -0.39 is 18.0 Å². The van der Waals surface area contributed by atoms with Gasteiger partial charge in [-0.2, -0.15) is 0 Å². The number of carboxylic acids is 1. The fraction of sp³-hybridized carbons (Fsp3) is 0.600. The molecule has 0 aromatic heterocycles. The minimum Gasteiger partial charge on any atom is -0.478 e. The molecule has 6 nitrogen and oxygen atoms in total. The topological polar surface area (TPSA) is 110 Å². The van der Waals surface area contributed by atoms with Crippen LogP contribution in [0.15, 0.2) is 48.0 Å². The molecule has 6 heteroatoms. The third kappa shape index (κ3) is 4.04. The summed E-state index contributed by atoms with van der Waals surface area (Å²) >= 11 is 0. The van der Waals surface area contributed by atoms with E-state index in [1.165, 1.54) is 6.92 Å². The molecule has 2 aromatic carbocycles. The van der Waals surface area contributed by atoms with Gasteiger partial charge < -0.3 is 20.7 Å². The number of aliphatic carboxylic acids is 1. The fourth-order valence-corrected chi connectivity index (χ4v) is 10.6. The van der Waals surface area contributed by atoms with Gasteiger partial charge in [0.15, 0.2) is 0 Å². The normalized spacial score (nSPS) is 43.0. The monoisotopic (exact) mass is 559 g/mol. The summed E-state index contributed by atoms with van der Waals surface area (Å²) in [5, 5.41) is 23.5. The smallest absolute Gasteiger partial charge is 0.336 e. The molecular formula is C35H45NO5. The average molecular weight is 560 g/mol. The summed E-state index contributed by atoms with van der Waals surface area (Å²) in [7, 11) is 0. The molecule has 0 saturated heterocycles. The van der Waals surface area contributed by atoms with Gasteiger partial charge in [0, 0.05) is 18.9 Å². The Morgan fingerprint density at radius 1 is 1.00 bits per heavy atom. The van der Waals surface area contributed by atoms with Crippen LogP contribution in [0, 0.1) is 39.9 Å². The molecule has 4 saturated carbocycles. The number of aliphatic hydroxyl groups is 1. The second-order valence-corrected chi connectivity index (χ2v) is 14.4. The Bertz CT molecular complexity index is 1430. The molecule has 10 atom stereocenters. The van der Waals surface area contributed by atoms with Crippen molar-refractivity contribution in [3.05, 3.63) is 53.6 Å². The van der Waals surface area contributed by atoms with Crippen molar-refractivity contribution in [3.8, 4) is 0 Å². The first-order chi connectivity index (χ1) is 19.3. The first-order valence-corrected chi connectivity index (χ1v) is 15.4. The van der Waals surface area contributed by atoms with Crippen LogP contribution < -0.4 is 5.73 Å². The molecule has 0 unspecified atom stereocenters. The van der Waals surface area contributed by atoms with Gasteiger partial charge in [0.25, 0.3) is 0 Å². The number of fused-ring (bicyclic) bond motifs is 6. The molecule has 4 fully saturated rings. The number of ether oxygens (including phenoxy) is 1. The number of benzene rings is 2. The molecule has 2 aromatic rings. The van der Waals surface area contributed by atoms with E-state index in [0.717, 1.165) is 42.9 Å². The Morgan fingerprint density at radius 3 is 2.39 bits per heavy atom. The van der Waals surface area contributed by atoms with E-state index in [2.05, 4.69) is 27.7 Å². The number of nitrogens with two attached hydrogens (primary N) is 1. The fourth-order valence-electron chi connectivity index (χ4n) is 10.6. The summed E-state index contributed by atoms with van der Waals surface area (Å²) < 4.78 is 6.01. The molecule has 0 amide bonds. The van der Waals surface area contributed by atoms with Gasteiger partial charge in [0.05, 0.1) is 11.7 Å². The number of esters is 1. The van der Waals surface area contributed by atoms with Crippen molar-refractivity contribution < 1.29 is 24.5 Å². The number of carboxylic acid groups (broad SMARTS) is 1. The van der Waals surface area contributed by atoms with E-state index in [0.29, 0.717) is 29.4 Å². The van der Waals surface area contributed by atoms with Crippen molar-refractivity contribution in [3.63, 3.8) is 0 Å². The molecule has 0 aliphatic heterocycles. The second kappa shape index (κ2) is 9.67.